The summed E-state index contributed by atoms with van der Waals surface area (Å²) in [5.74, 6) is -0.487. The number of rotatable bonds is 5. The second-order valence-electron chi connectivity index (χ2n) is 4.45. The molecular weight excluding hydrogens is 323 g/mol. The lowest BCUT2D eigenvalue weighted by atomic mass is 10.2. The van der Waals surface area contributed by atoms with Gasteiger partial charge in [0, 0.05) is 18.9 Å². The van der Waals surface area contributed by atoms with Gasteiger partial charge in [-0.25, -0.2) is 0 Å². The van der Waals surface area contributed by atoms with Crippen molar-refractivity contribution in [1.29, 1.82) is 0 Å². The molecule has 2 aromatic rings. The summed E-state index contributed by atoms with van der Waals surface area (Å²) in [6.07, 6.45) is 3.86. The maximum atomic E-state index is 12.2. The Morgan fingerprint density at radius 2 is 1.86 bits per heavy atom. The van der Waals surface area contributed by atoms with Crippen LogP contribution in [0.2, 0.25) is 0 Å². The van der Waals surface area contributed by atoms with E-state index in [0.717, 1.165) is 18.0 Å². The molecule has 0 amide bonds. The zero-order valence-corrected chi connectivity index (χ0v) is 12.2. The van der Waals surface area contributed by atoms with Gasteiger partial charge in [0.05, 0.1) is 11.9 Å². The highest BCUT2D eigenvalue weighted by atomic mass is 32.2. The minimum absolute atomic E-state index is 0.487. The third-order valence-electron chi connectivity index (χ3n) is 2.69. The van der Waals surface area contributed by atoms with Crippen LogP contribution in [0.3, 0.4) is 0 Å². The summed E-state index contributed by atoms with van der Waals surface area (Å²) in [5, 5.41) is 4.18. The molecule has 120 valence electrons. The molecule has 6 nitrogen and oxygen atoms in total. The Labute approximate surface area is 124 Å². The van der Waals surface area contributed by atoms with E-state index in [2.05, 4.69) is 14.3 Å². The largest absolute Gasteiger partial charge is 0.534 e. The summed E-state index contributed by atoms with van der Waals surface area (Å²) < 4.78 is 63.8. The van der Waals surface area contributed by atoms with Crippen LogP contribution in [0, 0.1) is 0 Å². The van der Waals surface area contributed by atoms with E-state index in [4.69, 9.17) is 0 Å². The normalized spacial score (nSPS) is 12.4. The molecule has 0 N–H and O–H groups in total. The molecule has 0 aliphatic rings. The van der Waals surface area contributed by atoms with Crippen molar-refractivity contribution in [3.63, 3.8) is 0 Å². The van der Waals surface area contributed by atoms with Crippen molar-refractivity contribution in [3.05, 3.63) is 42.0 Å². The third kappa shape index (κ3) is 3.97. The number of nitrogens with zero attached hydrogens (tertiary/aromatic N) is 3. The van der Waals surface area contributed by atoms with Crippen molar-refractivity contribution in [2.75, 3.05) is 0 Å². The molecule has 0 spiro atoms. The fourth-order valence-corrected chi connectivity index (χ4v) is 2.08. The first-order valence-electron chi connectivity index (χ1n) is 6.11. The van der Waals surface area contributed by atoms with Crippen molar-refractivity contribution in [1.82, 2.24) is 14.8 Å². The minimum Gasteiger partial charge on any atom is -0.374 e. The van der Waals surface area contributed by atoms with Gasteiger partial charge in [-0.15, -0.1) is 0 Å². The zero-order chi connectivity index (χ0) is 16.4. The number of aryl methyl sites for hydroxylation is 3. The highest BCUT2D eigenvalue weighted by Gasteiger charge is 2.48. The Bertz CT molecular complexity index is 739. The Hall–Kier alpha value is -2.10. The molecule has 0 aliphatic carbocycles. The van der Waals surface area contributed by atoms with Crippen molar-refractivity contribution < 1.29 is 25.8 Å². The second kappa shape index (κ2) is 5.95. The molecule has 0 aromatic carbocycles. The standard InChI is InChI=1S/C12H12F3N3O3S/c1-18-7-6-10(17-18)3-2-9-4-5-11(8-16-9)21-22(19,20)12(13,14)15/h4-8H,2-3H2,1H3. The zero-order valence-electron chi connectivity index (χ0n) is 11.4. The van der Waals surface area contributed by atoms with Crippen LogP contribution in [0.15, 0.2) is 30.6 Å². The van der Waals surface area contributed by atoms with Gasteiger partial charge in [0.15, 0.2) is 5.75 Å². The van der Waals surface area contributed by atoms with Crippen LogP contribution in [0.4, 0.5) is 13.2 Å². The molecule has 0 fully saturated rings. The fourth-order valence-electron chi connectivity index (χ4n) is 1.63. The van der Waals surface area contributed by atoms with Gasteiger partial charge in [0.25, 0.3) is 0 Å². The van der Waals surface area contributed by atoms with Gasteiger partial charge >= 0.3 is 15.6 Å². The monoisotopic (exact) mass is 335 g/mol. The Morgan fingerprint density at radius 1 is 1.18 bits per heavy atom. The first-order chi connectivity index (χ1) is 10.2. The molecule has 2 heterocycles. The molecule has 0 saturated heterocycles. The number of aromatic nitrogens is 3. The first-order valence-corrected chi connectivity index (χ1v) is 7.52. The van der Waals surface area contributed by atoms with Crippen LogP contribution in [-0.2, 0) is 30.0 Å². The molecule has 0 saturated carbocycles. The van der Waals surface area contributed by atoms with E-state index in [9.17, 15) is 21.6 Å². The smallest absolute Gasteiger partial charge is 0.374 e. The van der Waals surface area contributed by atoms with E-state index in [1.165, 1.54) is 6.07 Å². The number of hydrogen-bond acceptors (Lipinski definition) is 5. The average Bonchev–Trinajstić information content (AvgIpc) is 2.82. The highest BCUT2D eigenvalue weighted by Crippen LogP contribution is 2.26. The lowest BCUT2D eigenvalue weighted by Crippen LogP contribution is -2.28. The van der Waals surface area contributed by atoms with Crippen molar-refractivity contribution >= 4 is 10.1 Å². The summed E-state index contributed by atoms with van der Waals surface area (Å²) >= 11 is 0. The van der Waals surface area contributed by atoms with Gasteiger partial charge in [-0.05, 0) is 31.0 Å². The van der Waals surface area contributed by atoms with E-state index in [1.807, 2.05) is 6.07 Å². The van der Waals surface area contributed by atoms with E-state index in [1.54, 1.807) is 17.9 Å². The molecule has 2 aromatic heterocycles. The van der Waals surface area contributed by atoms with Gasteiger partial charge in [-0.3, -0.25) is 9.67 Å². The van der Waals surface area contributed by atoms with Crippen LogP contribution >= 0.6 is 0 Å². The van der Waals surface area contributed by atoms with Crippen LogP contribution in [0.5, 0.6) is 5.75 Å². The Kier molecular flexibility index (Phi) is 4.40. The van der Waals surface area contributed by atoms with Crippen LogP contribution < -0.4 is 4.18 Å². The quantitative estimate of drug-likeness (QED) is 0.616. The molecule has 2 rings (SSSR count). The maximum absolute atomic E-state index is 12.2. The molecule has 22 heavy (non-hydrogen) atoms. The van der Waals surface area contributed by atoms with Gasteiger partial charge < -0.3 is 4.18 Å². The molecule has 0 atom stereocenters. The predicted molar refractivity (Wildman–Crippen MR) is 70.5 cm³/mol. The SMILES string of the molecule is Cn1ccc(CCc2ccc(OS(=O)(=O)C(F)(F)F)cn2)n1. The van der Waals surface area contributed by atoms with Crippen LogP contribution in [0.1, 0.15) is 11.4 Å². The topological polar surface area (TPSA) is 74.1 Å². The number of alkyl halides is 3. The lowest BCUT2D eigenvalue weighted by molar-refractivity contribution is -0.0500. The van der Waals surface area contributed by atoms with Crippen LogP contribution in [-0.4, -0.2) is 28.7 Å². The van der Waals surface area contributed by atoms with E-state index >= 15 is 0 Å². The van der Waals surface area contributed by atoms with Gasteiger partial charge in [-0.2, -0.15) is 26.7 Å². The van der Waals surface area contributed by atoms with Gasteiger partial charge in [0.2, 0.25) is 0 Å². The Morgan fingerprint density at radius 3 is 2.36 bits per heavy atom. The molecule has 10 heteroatoms. The minimum atomic E-state index is -5.67. The van der Waals surface area contributed by atoms with Crippen molar-refractivity contribution in [2.24, 2.45) is 7.05 Å². The summed E-state index contributed by atoms with van der Waals surface area (Å²) in [6.45, 7) is 0. The summed E-state index contributed by atoms with van der Waals surface area (Å²) in [4.78, 5) is 3.88. The van der Waals surface area contributed by atoms with E-state index in [-0.39, 0.29) is 0 Å². The first kappa shape index (κ1) is 16.3. The maximum Gasteiger partial charge on any atom is 0.534 e. The predicted octanol–water partition coefficient (Wildman–Crippen LogP) is 1.83. The molecule has 0 radical (unpaired) electrons. The summed E-state index contributed by atoms with van der Waals surface area (Å²) in [7, 11) is -3.88. The van der Waals surface area contributed by atoms with Gasteiger partial charge in [-0.1, -0.05) is 0 Å². The van der Waals surface area contributed by atoms with E-state index in [0.29, 0.717) is 18.5 Å². The number of hydrogen-bond donors (Lipinski definition) is 0. The lowest BCUT2D eigenvalue weighted by Gasteiger charge is -2.09. The average molecular weight is 335 g/mol. The van der Waals surface area contributed by atoms with Crippen LogP contribution in [0.25, 0.3) is 0 Å². The molecule has 0 bridgehead atoms. The van der Waals surface area contributed by atoms with E-state index < -0.39 is 21.4 Å². The summed E-state index contributed by atoms with van der Waals surface area (Å²) in [5.41, 5.74) is -4.03. The molecular formula is C12H12F3N3O3S. The summed E-state index contributed by atoms with van der Waals surface area (Å²) in [6, 6.07) is 4.38. The molecule has 0 aliphatic heterocycles. The third-order valence-corrected chi connectivity index (χ3v) is 3.67. The second-order valence-corrected chi connectivity index (χ2v) is 5.99. The molecule has 0 unspecified atom stereocenters. The van der Waals surface area contributed by atoms with Gasteiger partial charge in [0.1, 0.15) is 0 Å². The van der Waals surface area contributed by atoms with Crippen molar-refractivity contribution in [2.45, 2.75) is 18.3 Å². The van der Waals surface area contributed by atoms with Crippen molar-refractivity contribution in [3.8, 4) is 5.75 Å². The highest BCUT2D eigenvalue weighted by molar-refractivity contribution is 7.87. The Balaban J connectivity index is 1.99. The number of halogens is 3. The fraction of sp³-hybridized carbons (Fsp3) is 0.333. The number of pyridine rings is 1.